The second-order valence-electron chi connectivity index (χ2n) is 4.41. The van der Waals surface area contributed by atoms with Gasteiger partial charge in [-0.3, -0.25) is 5.41 Å². The number of halogens is 1. The van der Waals surface area contributed by atoms with Crippen LogP contribution in [0, 0.1) is 5.41 Å². The van der Waals surface area contributed by atoms with Crippen LogP contribution in [0.5, 0.6) is 5.75 Å². The number of hydrogen-bond donors (Lipinski definition) is 1. The molecule has 0 bridgehead atoms. The van der Waals surface area contributed by atoms with Crippen LogP contribution in [0.2, 0.25) is 5.02 Å². The third kappa shape index (κ3) is 1.96. The molecule has 0 aromatic heterocycles. The molecule has 0 saturated heterocycles. The van der Waals surface area contributed by atoms with Crippen LogP contribution in [0.3, 0.4) is 0 Å². The van der Waals surface area contributed by atoms with Gasteiger partial charge in [0.2, 0.25) is 0 Å². The van der Waals surface area contributed by atoms with Gasteiger partial charge in [-0.05, 0) is 23.8 Å². The molecule has 3 nitrogen and oxygen atoms in total. The van der Waals surface area contributed by atoms with E-state index in [4.69, 9.17) is 21.7 Å². The molecule has 96 valence electrons. The molecular weight excluding hydrogens is 260 g/mol. The monoisotopic (exact) mass is 272 g/mol. The van der Waals surface area contributed by atoms with E-state index in [0.29, 0.717) is 17.4 Å². The van der Waals surface area contributed by atoms with Gasteiger partial charge in [0.1, 0.15) is 11.6 Å². The molecule has 2 aromatic rings. The Morgan fingerprint density at radius 2 is 2.00 bits per heavy atom. The van der Waals surface area contributed by atoms with Gasteiger partial charge in [0, 0.05) is 10.6 Å². The predicted molar refractivity (Wildman–Crippen MR) is 77.5 cm³/mol. The minimum atomic E-state index is 0.483. The summed E-state index contributed by atoms with van der Waals surface area (Å²) in [4.78, 5) is 1.91. The highest BCUT2D eigenvalue weighted by atomic mass is 35.5. The molecule has 1 aliphatic heterocycles. The fraction of sp³-hybridized carbons (Fsp3) is 0.133. The first-order chi connectivity index (χ1) is 9.20. The zero-order chi connectivity index (χ0) is 13.4. The quantitative estimate of drug-likeness (QED) is 0.905. The van der Waals surface area contributed by atoms with Crippen molar-refractivity contribution in [2.24, 2.45) is 0 Å². The van der Waals surface area contributed by atoms with Gasteiger partial charge in [0.25, 0.3) is 0 Å². The molecule has 0 aliphatic carbocycles. The van der Waals surface area contributed by atoms with Crippen LogP contribution in [0.25, 0.3) is 0 Å². The Balaban J connectivity index is 2.06. The van der Waals surface area contributed by atoms with Crippen LogP contribution in [0.1, 0.15) is 11.1 Å². The Bertz CT molecular complexity index is 654. The average molecular weight is 273 g/mol. The molecule has 0 spiro atoms. The summed E-state index contributed by atoms with van der Waals surface area (Å²) >= 11 is 6.06. The van der Waals surface area contributed by atoms with E-state index in [1.807, 2.05) is 41.3 Å². The highest BCUT2D eigenvalue weighted by Crippen LogP contribution is 2.36. The number of amidine groups is 1. The number of ether oxygens (including phenoxy) is 1. The van der Waals surface area contributed by atoms with Gasteiger partial charge >= 0.3 is 0 Å². The van der Waals surface area contributed by atoms with Crippen LogP contribution in [0.15, 0.2) is 42.5 Å². The zero-order valence-electron chi connectivity index (χ0n) is 10.5. The second kappa shape index (κ2) is 4.59. The van der Waals surface area contributed by atoms with Gasteiger partial charge in [-0.15, -0.1) is 0 Å². The van der Waals surface area contributed by atoms with E-state index in [2.05, 4.69) is 0 Å². The van der Waals surface area contributed by atoms with Crippen molar-refractivity contribution < 1.29 is 4.74 Å². The normalized spacial score (nSPS) is 13.6. The summed E-state index contributed by atoms with van der Waals surface area (Å²) in [6.45, 7) is 0.672. The van der Waals surface area contributed by atoms with Gasteiger partial charge in [0.15, 0.2) is 0 Å². The van der Waals surface area contributed by atoms with Crippen molar-refractivity contribution in [3.63, 3.8) is 0 Å². The lowest BCUT2D eigenvalue weighted by molar-refractivity contribution is 0.415. The average Bonchev–Trinajstić information content (AvgIpc) is 2.76. The van der Waals surface area contributed by atoms with Crippen LogP contribution in [-0.2, 0) is 6.54 Å². The maximum atomic E-state index is 8.29. The van der Waals surface area contributed by atoms with Crippen molar-refractivity contribution in [1.29, 1.82) is 5.41 Å². The summed E-state index contributed by atoms with van der Waals surface area (Å²) in [7, 11) is 1.62. The van der Waals surface area contributed by atoms with E-state index in [9.17, 15) is 0 Å². The van der Waals surface area contributed by atoms with E-state index < -0.39 is 0 Å². The van der Waals surface area contributed by atoms with Crippen molar-refractivity contribution in [2.75, 3.05) is 12.0 Å². The molecule has 0 amide bonds. The number of fused-ring (bicyclic) bond motifs is 1. The number of methoxy groups -OCH3 is 1. The Morgan fingerprint density at radius 3 is 2.74 bits per heavy atom. The van der Waals surface area contributed by atoms with Crippen LogP contribution in [0.4, 0.5) is 5.69 Å². The van der Waals surface area contributed by atoms with Crippen molar-refractivity contribution in [1.82, 2.24) is 0 Å². The number of hydrogen-bond acceptors (Lipinski definition) is 2. The summed E-state index contributed by atoms with van der Waals surface area (Å²) in [5.41, 5.74) is 2.94. The lowest BCUT2D eigenvalue weighted by Crippen LogP contribution is -2.23. The molecule has 0 saturated carbocycles. The van der Waals surface area contributed by atoms with Gasteiger partial charge in [0.05, 0.1) is 19.3 Å². The Labute approximate surface area is 116 Å². The molecule has 0 atom stereocenters. The molecule has 0 unspecified atom stereocenters. The maximum Gasteiger partial charge on any atom is 0.142 e. The number of anilines is 1. The minimum absolute atomic E-state index is 0.483. The number of nitrogens with zero attached hydrogens (tertiary/aromatic N) is 1. The van der Waals surface area contributed by atoms with Crippen molar-refractivity contribution in [3.05, 3.63) is 58.6 Å². The Kier molecular flexibility index (Phi) is 2.91. The molecule has 1 aliphatic rings. The highest BCUT2D eigenvalue weighted by Gasteiger charge is 2.26. The molecule has 1 heterocycles. The summed E-state index contributed by atoms with van der Waals surface area (Å²) < 4.78 is 5.36. The topological polar surface area (TPSA) is 36.3 Å². The summed E-state index contributed by atoms with van der Waals surface area (Å²) in [6, 6.07) is 13.4. The highest BCUT2D eigenvalue weighted by molar-refractivity contribution is 6.31. The molecule has 1 N–H and O–H groups in total. The molecule has 2 aromatic carbocycles. The molecule has 0 fully saturated rings. The van der Waals surface area contributed by atoms with Gasteiger partial charge in [-0.2, -0.15) is 0 Å². The lowest BCUT2D eigenvalue weighted by Gasteiger charge is -2.21. The summed E-state index contributed by atoms with van der Waals surface area (Å²) in [5.74, 6) is 1.21. The van der Waals surface area contributed by atoms with E-state index >= 15 is 0 Å². The molecule has 4 heteroatoms. The third-order valence-electron chi connectivity index (χ3n) is 3.30. The van der Waals surface area contributed by atoms with Crippen LogP contribution in [-0.4, -0.2) is 12.9 Å². The fourth-order valence-corrected chi connectivity index (χ4v) is 2.53. The Hall–Kier alpha value is -2.00. The van der Waals surface area contributed by atoms with E-state index in [-0.39, 0.29) is 0 Å². The maximum absolute atomic E-state index is 8.29. The van der Waals surface area contributed by atoms with Gasteiger partial charge in [-0.1, -0.05) is 35.9 Å². The number of rotatable bonds is 2. The summed E-state index contributed by atoms with van der Waals surface area (Å²) in [6.07, 6.45) is 0. The van der Waals surface area contributed by atoms with E-state index in [1.54, 1.807) is 13.2 Å². The van der Waals surface area contributed by atoms with Gasteiger partial charge < -0.3 is 9.64 Å². The first-order valence-corrected chi connectivity index (χ1v) is 6.36. The number of nitrogens with one attached hydrogen (secondary N) is 1. The third-order valence-corrected chi connectivity index (χ3v) is 3.54. The first-order valence-electron chi connectivity index (χ1n) is 5.98. The Morgan fingerprint density at radius 1 is 1.21 bits per heavy atom. The zero-order valence-corrected chi connectivity index (χ0v) is 11.2. The predicted octanol–water partition coefficient (Wildman–Crippen LogP) is 3.69. The molecule has 19 heavy (non-hydrogen) atoms. The van der Waals surface area contributed by atoms with Gasteiger partial charge in [-0.25, -0.2) is 0 Å². The largest absolute Gasteiger partial charge is 0.495 e. The number of benzene rings is 2. The minimum Gasteiger partial charge on any atom is -0.495 e. The van der Waals surface area contributed by atoms with E-state index in [1.165, 1.54) is 0 Å². The van der Waals surface area contributed by atoms with E-state index in [0.717, 1.165) is 22.6 Å². The molecule has 3 rings (SSSR count). The van der Waals surface area contributed by atoms with Crippen molar-refractivity contribution >= 4 is 23.1 Å². The molecular formula is C15H13ClN2O. The SMILES string of the molecule is COc1ccc(Cl)cc1N1Cc2ccccc2C1=N. The smallest absolute Gasteiger partial charge is 0.142 e. The summed E-state index contributed by atoms with van der Waals surface area (Å²) in [5, 5.41) is 8.93. The lowest BCUT2D eigenvalue weighted by atomic mass is 10.1. The van der Waals surface area contributed by atoms with Crippen LogP contribution < -0.4 is 9.64 Å². The second-order valence-corrected chi connectivity index (χ2v) is 4.84. The van der Waals surface area contributed by atoms with Crippen molar-refractivity contribution in [3.8, 4) is 5.75 Å². The first kappa shape index (κ1) is 12.1. The fourth-order valence-electron chi connectivity index (χ4n) is 2.36. The molecule has 0 radical (unpaired) electrons. The van der Waals surface area contributed by atoms with Crippen molar-refractivity contribution in [2.45, 2.75) is 6.54 Å². The standard InChI is InChI=1S/C15H13ClN2O/c1-19-14-7-6-11(16)8-13(14)18-9-10-4-2-3-5-12(10)15(18)17/h2-8,17H,9H2,1H3. The van der Waals surface area contributed by atoms with Crippen LogP contribution >= 0.6 is 11.6 Å².